The number of aromatic nitrogens is 1. The summed E-state index contributed by atoms with van der Waals surface area (Å²) in [5.74, 6) is -0.771. The Labute approximate surface area is 176 Å². The van der Waals surface area contributed by atoms with Gasteiger partial charge in [0.1, 0.15) is 11.5 Å². The Morgan fingerprint density at radius 1 is 1.20 bits per heavy atom. The van der Waals surface area contributed by atoms with Crippen molar-refractivity contribution in [1.29, 1.82) is 0 Å². The molecule has 0 radical (unpaired) electrons. The average molecular weight is 409 g/mol. The molecule has 1 fully saturated rings. The lowest BCUT2D eigenvalue weighted by Gasteiger charge is -2.25. The highest BCUT2D eigenvalue weighted by Gasteiger charge is 2.45. The summed E-state index contributed by atoms with van der Waals surface area (Å²) < 4.78 is 5.28. The van der Waals surface area contributed by atoms with Gasteiger partial charge in [0.2, 0.25) is 0 Å². The normalized spacial score (nSPS) is 18.3. The van der Waals surface area contributed by atoms with E-state index in [4.69, 9.17) is 4.74 Å². The molecule has 1 amide bonds. The van der Waals surface area contributed by atoms with E-state index in [2.05, 4.69) is 4.98 Å². The van der Waals surface area contributed by atoms with Crippen LogP contribution in [0.3, 0.4) is 0 Å². The van der Waals surface area contributed by atoms with Gasteiger partial charge in [0.15, 0.2) is 0 Å². The third-order valence-corrected chi connectivity index (χ3v) is 5.23. The number of hydrogen-bond acceptors (Lipinski definition) is 6. The number of rotatable bonds is 7. The second-order valence-corrected chi connectivity index (χ2v) is 7.61. The molecule has 0 aliphatic carbocycles. The number of aryl methyl sites for hydroxylation is 1. The molecule has 0 unspecified atom stereocenters. The number of methoxy groups -OCH3 is 1. The number of Topliss-reactive ketones (excluding diaryl/α,β-unsaturated/α-hetero) is 1. The number of benzene rings is 1. The van der Waals surface area contributed by atoms with Crippen molar-refractivity contribution in [3.8, 4) is 5.75 Å². The SMILES string of the molecule is COc1ccc(/C(O)=C2\C(=O)C(=O)N(CCCN(C)C)[C@H]2c2ccncc2)cc1C. The fourth-order valence-electron chi connectivity index (χ4n) is 3.74. The van der Waals surface area contributed by atoms with Crippen molar-refractivity contribution in [1.82, 2.24) is 14.8 Å². The van der Waals surface area contributed by atoms with E-state index in [1.54, 1.807) is 54.7 Å². The summed E-state index contributed by atoms with van der Waals surface area (Å²) in [7, 11) is 5.49. The Hall–Kier alpha value is -3.19. The van der Waals surface area contributed by atoms with Crippen LogP contribution in [0.1, 0.15) is 29.2 Å². The summed E-state index contributed by atoms with van der Waals surface area (Å²) in [6.45, 7) is 3.05. The highest BCUT2D eigenvalue weighted by atomic mass is 16.5. The lowest BCUT2D eigenvalue weighted by molar-refractivity contribution is -0.139. The number of aliphatic hydroxyl groups excluding tert-OH is 1. The molecule has 1 saturated heterocycles. The summed E-state index contributed by atoms with van der Waals surface area (Å²) in [5, 5.41) is 11.1. The number of carbonyl (C=O) groups excluding carboxylic acids is 2. The van der Waals surface area contributed by atoms with E-state index in [9.17, 15) is 14.7 Å². The van der Waals surface area contributed by atoms with E-state index < -0.39 is 17.7 Å². The summed E-state index contributed by atoms with van der Waals surface area (Å²) in [5.41, 5.74) is 2.13. The van der Waals surface area contributed by atoms with E-state index in [0.717, 1.165) is 17.7 Å². The average Bonchev–Trinajstić information content (AvgIpc) is 2.98. The molecule has 1 aromatic carbocycles. The van der Waals surface area contributed by atoms with Gasteiger partial charge in [-0.3, -0.25) is 14.6 Å². The Bertz CT molecular complexity index is 970. The van der Waals surface area contributed by atoms with Crippen LogP contribution in [0.5, 0.6) is 5.75 Å². The number of nitrogens with zero attached hydrogens (tertiary/aromatic N) is 3. The van der Waals surface area contributed by atoms with Crippen LogP contribution in [0.25, 0.3) is 5.76 Å². The van der Waals surface area contributed by atoms with Crippen LogP contribution >= 0.6 is 0 Å². The minimum atomic E-state index is -0.673. The predicted molar refractivity (Wildman–Crippen MR) is 114 cm³/mol. The number of pyridine rings is 1. The summed E-state index contributed by atoms with van der Waals surface area (Å²) >= 11 is 0. The summed E-state index contributed by atoms with van der Waals surface area (Å²) in [6, 6.07) is 8.04. The molecule has 7 heteroatoms. The molecule has 1 aliphatic heterocycles. The molecule has 1 atom stereocenters. The smallest absolute Gasteiger partial charge is 0.295 e. The third-order valence-electron chi connectivity index (χ3n) is 5.23. The van der Waals surface area contributed by atoms with Gasteiger partial charge in [-0.2, -0.15) is 0 Å². The summed E-state index contributed by atoms with van der Waals surface area (Å²) in [6.07, 6.45) is 3.95. The molecule has 0 saturated carbocycles. The van der Waals surface area contributed by atoms with Crippen LogP contribution in [0.15, 0.2) is 48.3 Å². The molecular weight excluding hydrogens is 382 g/mol. The van der Waals surface area contributed by atoms with Crippen molar-refractivity contribution in [3.05, 3.63) is 65.0 Å². The van der Waals surface area contributed by atoms with Gasteiger partial charge in [-0.15, -0.1) is 0 Å². The number of aliphatic hydroxyl groups is 1. The molecule has 0 bridgehead atoms. The van der Waals surface area contributed by atoms with E-state index in [0.29, 0.717) is 24.3 Å². The maximum absolute atomic E-state index is 13.0. The van der Waals surface area contributed by atoms with Crippen LogP contribution < -0.4 is 4.74 Å². The molecule has 2 heterocycles. The van der Waals surface area contributed by atoms with Gasteiger partial charge in [-0.25, -0.2) is 0 Å². The molecule has 2 aromatic rings. The Kier molecular flexibility index (Phi) is 6.52. The van der Waals surface area contributed by atoms with Gasteiger partial charge < -0.3 is 19.6 Å². The van der Waals surface area contributed by atoms with Gasteiger partial charge in [0.05, 0.1) is 18.7 Å². The fraction of sp³-hybridized carbons (Fsp3) is 0.348. The first kappa shape index (κ1) is 21.5. The number of carbonyl (C=O) groups is 2. The third kappa shape index (κ3) is 4.21. The second-order valence-electron chi connectivity index (χ2n) is 7.61. The van der Waals surface area contributed by atoms with Crippen molar-refractivity contribution in [3.63, 3.8) is 0 Å². The zero-order valence-corrected chi connectivity index (χ0v) is 17.8. The monoisotopic (exact) mass is 409 g/mol. The summed E-state index contributed by atoms with van der Waals surface area (Å²) in [4.78, 5) is 33.4. The van der Waals surface area contributed by atoms with Gasteiger partial charge in [0, 0.05) is 24.5 Å². The number of likely N-dealkylation sites (tertiary alicyclic amines) is 1. The number of amides is 1. The van der Waals surface area contributed by atoms with Crippen molar-refractivity contribution in [2.75, 3.05) is 34.3 Å². The molecule has 1 N–H and O–H groups in total. The number of hydrogen-bond donors (Lipinski definition) is 1. The molecule has 158 valence electrons. The second kappa shape index (κ2) is 9.09. The Balaban J connectivity index is 2.08. The van der Waals surface area contributed by atoms with Crippen LogP contribution in [0, 0.1) is 6.92 Å². The zero-order valence-electron chi connectivity index (χ0n) is 17.8. The van der Waals surface area contributed by atoms with Crippen molar-refractivity contribution in [2.45, 2.75) is 19.4 Å². The molecule has 0 spiro atoms. The zero-order chi connectivity index (χ0) is 21.8. The maximum atomic E-state index is 13.0. The van der Waals surface area contributed by atoms with Crippen LogP contribution in [0.2, 0.25) is 0 Å². The molecule has 30 heavy (non-hydrogen) atoms. The van der Waals surface area contributed by atoms with E-state index in [1.807, 2.05) is 25.9 Å². The maximum Gasteiger partial charge on any atom is 0.295 e. The Morgan fingerprint density at radius 2 is 1.90 bits per heavy atom. The topological polar surface area (TPSA) is 83.0 Å². The highest BCUT2D eigenvalue weighted by Crippen LogP contribution is 2.39. The Morgan fingerprint density at radius 3 is 2.50 bits per heavy atom. The van der Waals surface area contributed by atoms with E-state index in [-0.39, 0.29) is 11.3 Å². The van der Waals surface area contributed by atoms with Crippen LogP contribution in [-0.2, 0) is 9.59 Å². The quantitative estimate of drug-likeness (QED) is 0.430. The highest BCUT2D eigenvalue weighted by molar-refractivity contribution is 6.46. The van der Waals surface area contributed by atoms with Crippen molar-refractivity contribution >= 4 is 17.4 Å². The first-order chi connectivity index (χ1) is 14.3. The molecule has 1 aromatic heterocycles. The van der Waals surface area contributed by atoms with Gasteiger partial charge >= 0.3 is 0 Å². The molecule has 1 aliphatic rings. The minimum absolute atomic E-state index is 0.0978. The van der Waals surface area contributed by atoms with Crippen LogP contribution in [-0.4, -0.2) is 65.9 Å². The standard InChI is InChI=1S/C23H27N3O4/c1-15-14-17(6-7-18(15)30-4)21(27)19-20(16-8-10-24-11-9-16)26(23(29)22(19)28)13-5-12-25(2)3/h6-11,14,20,27H,5,12-13H2,1-4H3/b21-19+/t20-/m0/s1. The van der Waals surface area contributed by atoms with E-state index >= 15 is 0 Å². The first-order valence-electron chi connectivity index (χ1n) is 9.83. The van der Waals surface area contributed by atoms with Gasteiger partial charge in [0.25, 0.3) is 11.7 Å². The molecular formula is C23H27N3O4. The predicted octanol–water partition coefficient (Wildman–Crippen LogP) is 2.77. The van der Waals surface area contributed by atoms with Crippen LogP contribution in [0.4, 0.5) is 0 Å². The fourth-order valence-corrected chi connectivity index (χ4v) is 3.74. The van der Waals surface area contributed by atoms with Crippen molar-refractivity contribution < 1.29 is 19.4 Å². The number of ketones is 1. The lowest BCUT2D eigenvalue weighted by atomic mass is 9.95. The van der Waals surface area contributed by atoms with Crippen molar-refractivity contribution in [2.24, 2.45) is 0 Å². The molecule has 3 rings (SSSR count). The van der Waals surface area contributed by atoms with Gasteiger partial charge in [-0.05, 0) is 75.4 Å². The molecule has 7 nitrogen and oxygen atoms in total. The van der Waals surface area contributed by atoms with E-state index in [1.165, 1.54) is 0 Å². The first-order valence-corrected chi connectivity index (χ1v) is 9.83. The largest absolute Gasteiger partial charge is 0.507 e. The number of ether oxygens (including phenoxy) is 1. The lowest BCUT2D eigenvalue weighted by Crippen LogP contribution is -2.32. The van der Waals surface area contributed by atoms with Gasteiger partial charge in [-0.1, -0.05) is 0 Å². The minimum Gasteiger partial charge on any atom is -0.507 e.